The zero-order chi connectivity index (χ0) is 24.8. The molecule has 2 heterocycles. The third-order valence-electron chi connectivity index (χ3n) is 5.87. The highest BCUT2D eigenvalue weighted by atomic mass is 19.1. The molecule has 1 aliphatic rings. The van der Waals surface area contributed by atoms with Gasteiger partial charge >= 0.3 is 0 Å². The van der Waals surface area contributed by atoms with Crippen molar-refractivity contribution in [1.82, 2.24) is 15.2 Å². The van der Waals surface area contributed by atoms with Crippen LogP contribution in [0.5, 0.6) is 0 Å². The van der Waals surface area contributed by atoms with E-state index in [9.17, 15) is 19.2 Å². The van der Waals surface area contributed by atoms with E-state index in [1.807, 2.05) is 42.3 Å². The number of nitrogens with zero attached hydrogens (tertiary/aromatic N) is 4. The number of nitriles is 1. The Bertz CT molecular complexity index is 1280. The second-order valence-electron chi connectivity index (χ2n) is 8.31. The zero-order valence-corrected chi connectivity index (χ0v) is 19.2. The van der Waals surface area contributed by atoms with Gasteiger partial charge in [0.1, 0.15) is 17.5 Å². The number of likely N-dealkylation sites (tertiary alicyclic amines) is 1. The van der Waals surface area contributed by atoms with Gasteiger partial charge in [-0.1, -0.05) is 30.3 Å². The molecule has 0 radical (unpaired) electrons. The Balaban J connectivity index is 1.54. The van der Waals surface area contributed by atoms with Gasteiger partial charge in [0.25, 0.3) is 5.91 Å². The number of carbonyl (C=O) groups excluding carboxylic acids is 2. The molecule has 176 valence electrons. The van der Waals surface area contributed by atoms with E-state index in [2.05, 4.69) is 10.3 Å². The van der Waals surface area contributed by atoms with Crippen LogP contribution < -0.4 is 10.2 Å². The van der Waals surface area contributed by atoms with Gasteiger partial charge in [0.2, 0.25) is 0 Å². The maximum absolute atomic E-state index is 13.3. The van der Waals surface area contributed by atoms with Gasteiger partial charge in [0.05, 0.1) is 11.7 Å². The molecule has 2 aromatic carbocycles. The predicted octanol–water partition coefficient (Wildman–Crippen LogP) is 3.40. The molecule has 1 amide bonds. The molecule has 0 saturated carbocycles. The standard InChI is InChI=1S/C27H24FN5O2/c1-32(15-19-6-8-22(28)9-7-19)25-5-3-2-4-24(25)26(21(14-29)18-34)31-23-16-33(17-23)27(35)20-10-12-30-13-11-20/h2-13,18,23,31H,15-17H2,1H3/b26-21+. The maximum Gasteiger partial charge on any atom is 0.254 e. The second-order valence-corrected chi connectivity index (χ2v) is 8.31. The third kappa shape index (κ3) is 5.36. The van der Waals surface area contributed by atoms with Crippen LogP contribution in [0.4, 0.5) is 10.1 Å². The number of amides is 1. The SMILES string of the molecule is CN(Cc1ccc(F)cc1)c1ccccc1/C(NC1CN(C(=O)c2ccncc2)C1)=C(/C#N)C=O. The Hall–Kier alpha value is -4.51. The molecule has 1 aromatic heterocycles. The van der Waals surface area contributed by atoms with Crippen molar-refractivity contribution in [3.63, 3.8) is 0 Å². The second kappa shape index (κ2) is 10.6. The van der Waals surface area contributed by atoms with Crippen molar-refractivity contribution in [3.05, 3.63) is 101 Å². The van der Waals surface area contributed by atoms with Crippen LogP contribution in [-0.4, -0.2) is 48.3 Å². The Morgan fingerprint density at radius 1 is 1.17 bits per heavy atom. The molecule has 0 bridgehead atoms. The fourth-order valence-electron chi connectivity index (χ4n) is 4.03. The number of nitrogens with one attached hydrogen (secondary N) is 1. The average molecular weight is 470 g/mol. The van der Waals surface area contributed by atoms with Crippen molar-refractivity contribution in [1.29, 1.82) is 5.26 Å². The van der Waals surface area contributed by atoms with Crippen molar-refractivity contribution in [3.8, 4) is 6.07 Å². The number of carbonyl (C=O) groups is 2. The highest BCUT2D eigenvalue weighted by molar-refractivity contribution is 5.96. The number of hydrogen-bond donors (Lipinski definition) is 1. The molecule has 0 atom stereocenters. The van der Waals surface area contributed by atoms with Gasteiger partial charge in [-0.05, 0) is 35.9 Å². The summed E-state index contributed by atoms with van der Waals surface area (Å²) in [6, 6.07) is 18.9. The van der Waals surface area contributed by atoms with E-state index in [4.69, 9.17) is 0 Å². The summed E-state index contributed by atoms with van der Waals surface area (Å²) in [7, 11) is 1.89. The quantitative estimate of drug-likeness (QED) is 0.309. The molecule has 1 fully saturated rings. The van der Waals surface area contributed by atoms with Crippen molar-refractivity contribution >= 4 is 23.6 Å². The topological polar surface area (TPSA) is 89.3 Å². The predicted molar refractivity (Wildman–Crippen MR) is 131 cm³/mol. The lowest BCUT2D eigenvalue weighted by Gasteiger charge is -2.41. The van der Waals surface area contributed by atoms with Gasteiger partial charge in [-0.3, -0.25) is 14.6 Å². The van der Waals surface area contributed by atoms with Crippen LogP contribution in [-0.2, 0) is 11.3 Å². The largest absolute Gasteiger partial charge is 0.377 e. The Morgan fingerprint density at radius 2 is 1.86 bits per heavy atom. The molecule has 0 spiro atoms. The van der Waals surface area contributed by atoms with E-state index < -0.39 is 0 Å². The number of hydrogen-bond acceptors (Lipinski definition) is 6. The molecule has 35 heavy (non-hydrogen) atoms. The van der Waals surface area contributed by atoms with E-state index in [1.165, 1.54) is 12.1 Å². The number of rotatable bonds is 8. The summed E-state index contributed by atoms with van der Waals surface area (Å²) in [6.45, 7) is 1.39. The van der Waals surface area contributed by atoms with Gasteiger partial charge in [0, 0.05) is 55.9 Å². The first kappa shape index (κ1) is 23.6. The number of anilines is 1. The molecular weight excluding hydrogens is 445 g/mol. The number of para-hydroxylation sites is 1. The van der Waals surface area contributed by atoms with Gasteiger partial charge in [-0.25, -0.2) is 4.39 Å². The minimum atomic E-state index is -0.298. The fraction of sp³-hybridized carbons (Fsp3) is 0.185. The fourth-order valence-corrected chi connectivity index (χ4v) is 4.03. The molecule has 1 N–H and O–H groups in total. The molecule has 3 aromatic rings. The molecular formula is C27H24FN5O2. The molecule has 0 unspecified atom stereocenters. The van der Waals surface area contributed by atoms with Gasteiger partial charge in [0.15, 0.2) is 6.29 Å². The summed E-state index contributed by atoms with van der Waals surface area (Å²) in [6.07, 6.45) is 3.69. The van der Waals surface area contributed by atoms with Crippen LogP contribution in [0.1, 0.15) is 21.5 Å². The molecule has 7 nitrogen and oxygen atoms in total. The van der Waals surface area contributed by atoms with E-state index in [0.29, 0.717) is 42.7 Å². The van der Waals surface area contributed by atoms with Crippen molar-refractivity contribution in [2.45, 2.75) is 12.6 Å². The molecule has 0 aliphatic carbocycles. The lowest BCUT2D eigenvalue weighted by molar-refractivity contribution is -0.104. The van der Waals surface area contributed by atoms with E-state index >= 15 is 0 Å². The summed E-state index contributed by atoms with van der Waals surface area (Å²) in [4.78, 5) is 32.0. The Kier molecular flexibility index (Phi) is 7.17. The zero-order valence-electron chi connectivity index (χ0n) is 19.2. The summed E-state index contributed by atoms with van der Waals surface area (Å²) in [5, 5.41) is 13.0. The first-order valence-electron chi connectivity index (χ1n) is 11.1. The average Bonchev–Trinajstić information content (AvgIpc) is 2.87. The summed E-state index contributed by atoms with van der Waals surface area (Å²) < 4.78 is 13.3. The number of aromatic nitrogens is 1. The van der Waals surface area contributed by atoms with Crippen molar-refractivity contribution in [2.75, 3.05) is 25.0 Å². The minimum Gasteiger partial charge on any atom is -0.377 e. The van der Waals surface area contributed by atoms with Crippen LogP contribution in [0.25, 0.3) is 5.70 Å². The lowest BCUT2D eigenvalue weighted by Crippen LogP contribution is -2.59. The van der Waals surface area contributed by atoms with Crippen LogP contribution in [0, 0.1) is 17.1 Å². The maximum atomic E-state index is 13.3. The molecule has 1 saturated heterocycles. The first-order valence-corrected chi connectivity index (χ1v) is 11.1. The summed E-state index contributed by atoms with van der Waals surface area (Å²) in [5.74, 6) is -0.390. The van der Waals surface area contributed by atoms with Crippen LogP contribution in [0.15, 0.2) is 78.6 Å². The minimum absolute atomic E-state index is 0.0217. The normalized spacial score (nSPS) is 13.8. The summed E-state index contributed by atoms with van der Waals surface area (Å²) >= 11 is 0. The van der Waals surface area contributed by atoms with Gasteiger partial charge in [-0.15, -0.1) is 0 Å². The number of allylic oxidation sites excluding steroid dienone is 1. The number of pyridine rings is 1. The van der Waals surface area contributed by atoms with E-state index in [0.717, 1.165) is 11.3 Å². The molecule has 1 aliphatic heterocycles. The molecule has 8 heteroatoms. The third-order valence-corrected chi connectivity index (χ3v) is 5.87. The van der Waals surface area contributed by atoms with Crippen LogP contribution in [0.2, 0.25) is 0 Å². The van der Waals surface area contributed by atoms with Gasteiger partial charge in [-0.2, -0.15) is 5.26 Å². The molecule has 4 rings (SSSR count). The summed E-state index contributed by atoms with van der Waals surface area (Å²) in [5.41, 5.74) is 3.38. The highest BCUT2D eigenvalue weighted by Gasteiger charge is 2.32. The Labute approximate surface area is 203 Å². The van der Waals surface area contributed by atoms with Crippen LogP contribution in [0.3, 0.4) is 0 Å². The number of benzene rings is 2. The van der Waals surface area contributed by atoms with Crippen molar-refractivity contribution in [2.24, 2.45) is 0 Å². The highest BCUT2D eigenvalue weighted by Crippen LogP contribution is 2.29. The first-order chi connectivity index (χ1) is 17.0. The van der Waals surface area contributed by atoms with E-state index in [1.54, 1.807) is 41.6 Å². The van der Waals surface area contributed by atoms with E-state index in [-0.39, 0.29) is 23.3 Å². The Morgan fingerprint density at radius 3 is 2.51 bits per heavy atom. The lowest BCUT2D eigenvalue weighted by atomic mass is 10.0. The number of halogens is 1. The number of aldehydes is 1. The van der Waals surface area contributed by atoms with Crippen molar-refractivity contribution < 1.29 is 14.0 Å². The monoisotopic (exact) mass is 469 g/mol. The van der Waals surface area contributed by atoms with Crippen LogP contribution >= 0.6 is 0 Å². The smallest absolute Gasteiger partial charge is 0.254 e. The van der Waals surface area contributed by atoms with Gasteiger partial charge < -0.3 is 15.1 Å².